The number of para-hydroxylation sites is 1. The van der Waals surface area contributed by atoms with Gasteiger partial charge in [0, 0.05) is 52.9 Å². The number of benzene rings is 1. The highest BCUT2D eigenvalue weighted by Gasteiger charge is 2.27. The first-order valence-electron chi connectivity index (χ1n) is 11.5. The predicted molar refractivity (Wildman–Crippen MR) is 122 cm³/mol. The highest BCUT2D eigenvalue weighted by Crippen LogP contribution is 2.20. The SMILES string of the molecule is CCOC(=O)C1CCN(C(=NC)NCCCN2CCN(c3ccccc3F)CC2)CC1. The van der Waals surface area contributed by atoms with E-state index in [0.717, 1.165) is 77.6 Å². The summed E-state index contributed by atoms with van der Waals surface area (Å²) in [6, 6.07) is 7.01. The summed E-state index contributed by atoms with van der Waals surface area (Å²) in [7, 11) is 1.81. The minimum Gasteiger partial charge on any atom is -0.466 e. The molecule has 1 aromatic carbocycles. The lowest BCUT2D eigenvalue weighted by molar-refractivity contribution is -0.149. The Labute approximate surface area is 185 Å². The second kappa shape index (κ2) is 11.9. The summed E-state index contributed by atoms with van der Waals surface area (Å²) in [6.45, 7) is 9.41. The van der Waals surface area contributed by atoms with Gasteiger partial charge in [-0.05, 0) is 44.9 Å². The number of nitrogens with one attached hydrogen (secondary N) is 1. The molecule has 0 spiro atoms. The Kier molecular flexibility index (Phi) is 8.94. The predicted octanol–water partition coefficient (Wildman–Crippen LogP) is 2.19. The van der Waals surface area contributed by atoms with Gasteiger partial charge in [0.1, 0.15) is 5.82 Å². The van der Waals surface area contributed by atoms with E-state index >= 15 is 0 Å². The highest BCUT2D eigenvalue weighted by molar-refractivity contribution is 5.80. The van der Waals surface area contributed by atoms with Gasteiger partial charge in [-0.3, -0.25) is 14.7 Å². The van der Waals surface area contributed by atoms with E-state index in [1.54, 1.807) is 6.07 Å². The molecule has 2 saturated heterocycles. The minimum atomic E-state index is -0.141. The summed E-state index contributed by atoms with van der Waals surface area (Å²) in [6.07, 6.45) is 2.65. The maximum atomic E-state index is 14.0. The van der Waals surface area contributed by atoms with Crippen LogP contribution >= 0.6 is 0 Å². The topological polar surface area (TPSA) is 60.4 Å². The summed E-state index contributed by atoms with van der Waals surface area (Å²) in [5.74, 6) is 0.710. The summed E-state index contributed by atoms with van der Waals surface area (Å²) >= 11 is 0. The van der Waals surface area contributed by atoms with E-state index < -0.39 is 0 Å². The normalized spacial score (nSPS) is 18.9. The van der Waals surface area contributed by atoms with E-state index in [4.69, 9.17) is 4.74 Å². The van der Waals surface area contributed by atoms with Gasteiger partial charge in [-0.15, -0.1) is 0 Å². The summed E-state index contributed by atoms with van der Waals surface area (Å²) in [4.78, 5) is 23.1. The molecular formula is C23H36FN5O2. The molecule has 7 nitrogen and oxygen atoms in total. The van der Waals surface area contributed by atoms with Gasteiger partial charge in [-0.2, -0.15) is 0 Å². The maximum absolute atomic E-state index is 14.0. The van der Waals surface area contributed by atoms with E-state index in [9.17, 15) is 9.18 Å². The average Bonchev–Trinajstić information content (AvgIpc) is 2.80. The molecule has 172 valence electrons. The van der Waals surface area contributed by atoms with Gasteiger partial charge in [0.15, 0.2) is 5.96 Å². The first-order chi connectivity index (χ1) is 15.1. The fraction of sp³-hybridized carbons (Fsp3) is 0.652. The van der Waals surface area contributed by atoms with E-state index in [1.165, 1.54) is 6.07 Å². The van der Waals surface area contributed by atoms with Crippen molar-refractivity contribution in [1.82, 2.24) is 15.1 Å². The number of likely N-dealkylation sites (tertiary alicyclic amines) is 1. The van der Waals surface area contributed by atoms with Crippen LogP contribution < -0.4 is 10.2 Å². The monoisotopic (exact) mass is 433 g/mol. The van der Waals surface area contributed by atoms with Gasteiger partial charge in [0.05, 0.1) is 18.2 Å². The number of halogens is 1. The van der Waals surface area contributed by atoms with Crippen LogP contribution in [0.5, 0.6) is 0 Å². The van der Waals surface area contributed by atoms with Gasteiger partial charge in [-0.25, -0.2) is 4.39 Å². The fourth-order valence-electron chi connectivity index (χ4n) is 4.34. The molecule has 31 heavy (non-hydrogen) atoms. The van der Waals surface area contributed by atoms with Gasteiger partial charge >= 0.3 is 5.97 Å². The molecule has 0 atom stereocenters. The van der Waals surface area contributed by atoms with Crippen LogP contribution in [0.25, 0.3) is 0 Å². The first kappa shape index (κ1) is 23.3. The molecule has 1 N–H and O–H groups in total. The zero-order valence-corrected chi connectivity index (χ0v) is 18.9. The Morgan fingerprint density at radius 1 is 1.16 bits per heavy atom. The molecular weight excluding hydrogens is 397 g/mol. The Morgan fingerprint density at radius 2 is 1.87 bits per heavy atom. The van der Waals surface area contributed by atoms with Crippen molar-refractivity contribution in [2.24, 2.45) is 10.9 Å². The number of nitrogens with zero attached hydrogens (tertiary/aromatic N) is 4. The fourth-order valence-corrected chi connectivity index (χ4v) is 4.34. The second-order valence-corrected chi connectivity index (χ2v) is 8.12. The van der Waals surface area contributed by atoms with Crippen LogP contribution in [-0.4, -0.2) is 87.7 Å². The summed E-state index contributed by atoms with van der Waals surface area (Å²) in [5.41, 5.74) is 0.708. The molecule has 0 aliphatic carbocycles. The van der Waals surface area contributed by atoms with Crippen molar-refractivity contribution in [1.29, 1.82) is 0 Å². The van der Waals surface area contributed by atoms with E-state index in [1.807, 2.05) is 26.1 Å². The van der Waals surface area contributed by atoms with Crippen molar-refractivity contribution in [3.05, 3.63) is 30.1 Å². The summed E-state index contributed by atoms with van der Waals surface area (Å²) in [5, 5.41) is 3.46. The number of hydrogen-bond donors (Lipinski definition) is 1. The third kappa shape index (κ3) is 6.56. The molecule has 0 amide bonds. The number of anilines is 1. The van der Waals surface area contributed by atoms with Crippen LogP contribution in [0, 0.1) is 11.7 Å². The molecule has 0 bridgehead atoms. The molecule has 2 aliphatic rings. The van der Waals surface area contributed by atoms with E-state index in [-0.39, 0.29) is 17.7 Å². The van der Waals surface area contributed by atoms with Gasteiger partial charge in [-0.1, -0.05) is 12.1 Å². The number of esters is 1. The van der Waals surface area contributed by atoms with Crippen molar-refractivity contribution < 1.29 is 13.9 Å². The van der Waals surface area contributed by atoms with Gasteiger partial charge in [0.2, 0.25) is 0 Å². The molecule has 0 saturated carbocycles. The zero-order chi connectivity index (χ0) is 22.1. The highest BCUT2D eigenvalue weighted by atomic mass is 19.1. The van der Waals surface area contributed by atoms with Crippen molar-refractivity contribution in [3.8, 4) is 0 Å². The molecule has 0 aromatic heterocycles. The van der Waals surface area contributed by atoms with Crippen molar-refractivity contribution in [2.45, 2.75) is 26.2 Å². The molecule has 0 radical (unpaired) electrons. The van der Waals surface area contributed by atoms with Gasteiger partial charge < -0.3 is 19.9 Å². The van der Waals surface area contributed by atoms with Crippen LogP contribution in [0.3, 0.4) is 0 Å². The number of ether oxygens (including phenoxy) is 1. The van der Waals surface area contributed by atoms with Crippen molar-refractivity contribution >= 4 is 17.6 Å². The third-order valence-electron chi connectivity index (χ3n) is 6.13. The standard InChI is InChI=1S/C23H36FN5O2/c1-3-31-22(30)19-9-13-29(14-10-19)23(25-2)26-11-6-12-27-15-17-28(18-16-27)21-8-5-4-7-20(21)24/h4-5,7-8,19H,3,6,9-18H2,1-2H3,(H,25,26). The van der Waals surface area contributed by atoms with E-state index in [2.05, 4.69) is 25.0 Å². The van der Waals surface area contributed by atoms with Crippen LogP contribution in [0.2, 0.25) is 0 Å². The number of rotatable bonds is 7. The van der Waals surface area contributed by atoms with Crippen LogP contribution in [0.4, 0.5) is 10.1 Å². The molecule has 8 heteroatoms. The number of piperazine rings is 1. The minimum absolute atomic E-state index is 0.0114. The maximum Gasteiger partial charge on any atom is 0.309 e. The lowest BCUT2D eigenvalue weighted by Gasteiger charge is -2.36. The third-order valence-corrected chi connectivity index (χ3v) is 6.13. The largest absolute Gasteiger partial charge is 0.466 e. The van der Waals surface area contributed by atoms with Crippen molar-refractivity contribution in [2.75, 3.05) is 70.9 Å². The Bertz CT molecular complexity index is 728. The van der Waals surface area contributed by atoms with Crippen molar-refractivity contribution in [3.63, 3.8) is 0 Å². The number of piperidine rings is 1. The first-order valence-corrected chi connectivity index (χ1v) is 11.5. The number of carbonyl (C=O) groups is 1. The number of guanidine groups is 1. The summed E-state index contributed by atoms with van der Waals surface area (Å²) < 4.78 is 19.1. The Balaban J connectivity index is 1.32. The van der Waals surface area contributed by atoms with Crippen LogP contribution in [0.1, 0.15) is 26.2 Å². The molecule has 3 rings (SSSR count). The Morgan fingerprint density at radius 3 is 2.52 bits per heavy atom. The number of aliphatic imine (C=N–C) groups is 1. The average molecular weight is 434 g/mol. The quantitative estimate of drug-likeness (QED) is 0.308. The zero-order valence-electron chi connectivity index (χ0n) is 18.9. The number of carbonyl (C=O) groups excluding carboxylic acids is 1. The lowest BCUT2D eigenvalue weighted by atomic mass is 9.97. The Hall–Kier alpha value is -2.35. The van der Waals surface area contributed by atoms with Gasteiger partial charge in [0.25, 0.3) is 0 Å². The lowest BCUT2D eigenvalue weighted by Crippen LogP contribution is -2.48. The smallest absolute Gasteiger partial charge is 0.309 e. The second-order valence-electron chi connectivity index (χ2n) is 8.12. The van der Waals surface area contributed by atoms with Crippen LogP contribution in [-0.2, 0) is 9.53 Å². The number of hydrogen-bond acceptors (Lipinski definition) is 5. The molecule has 2 fully saturated rings. The molecule has 2 aliphatic heterocycles. The molecule has 2 heterocycles. The van der Waals surface area contributed by atoms with Crippen LogP contribution in [0.15, 0.2) is 29.3 Å². The molecule has 0 unspecified atom stereocenters. The molecule has 1 aromatic rings. The van der Waals surface area contributed by atoms with E-state index in [0.29, 0.717) is 12.3 Å².